The summed E-state index contributed by atoms with van der Waals surface area (Å²) < 4.78 is 8.87. The maximum Gasteiger partial charge on any atom is 0.269 e. The molecule has 0 bridgehead atoms. The molecule has 0 radical (unpaired) electrons. The molecule has 0 saturated carbocycles. The molecule has 1 aromatic heterocycles. The molecule has 202 valence electrons. The number of para-hydroxylation sites is 1. The van der Waals surface area contributed by atoms with Gasteiger partial charge in [-0.05, 0) is 82.3 Å². The van der Waals surface area contributed by atoms with Gasteiger partial charge in [0.25, 0.3) is 5.91 Å². The van der Waals surface area contributed by atoms with Crippen LogP contribution in [-0.2, 0) is 10.8 Å². The SMILES string of the molecule is CCC(C)(C)c1ccc(OCCCCNC(=O)c2c(C#N)ccn2-c2ccccc2Br)c(C(C)(C)CC)c1. The Hall–Kier alpha value is -3.04. The molecule has 0 fully saturated rings. The summed E-state index contributed by atoms with van der Waals surface area (Å²) in [5.41, 5.74) is 4.24. The van der Waals surface area contributed by atoms with E-state index in [0.29, 0.717) is 24.4 Å². The van der Waals surface area contributed by atoms with Gasteiger partial charge in [0.05, 0.1) is 17.9 Å². The van der Waals surface area contributed by atoms with Gasteiger partial charge in [-0.3, -0.25) is 4.79 Å². The van der Waals surface area contributed by atoms with Crippen LogP contribution in [0.3, 0.4) is 0 Å². The summed E-state index contributed by atoms with van der Waals surface area (Å²) >= 11 is 3.54. The van der Waals surface area contributed by atoms with Gasteiger partial charge in [0.1, 0.15) is 17.5 Å². The molecule has 1 heterocycles. The summed E-state index contributed by atoms with van der Waals surface area (Å²) in [6.07, 6.45) is 5.44. The Kier molecular flexibility index (Phi) is 9.84. The van der Waals surface area contributed by atoms with E-state index >= 15 is 0 Å². The third-order valence-electron chi connectivity index (χ3n) is 7.71. The van der Waals surface area contributed by atoms with Gasteiger partial charge in [-0.1, -0.05) is 65.8 Å². The van der Waals surface area contributed by atoms with E-state index in [1.165, 1.54) is 11.1 Å². The number of amides is 1. The van der Waals surface area contributed by atoms with Crippen LogP contribution in [0.4, 0.5) is 0 Å². The molecule has 0 atom stereocenters. The quantitative estimate of drug-likeness (QED) is 0.221. The van der Waals surface area contributed by atoms with Crippen molar-refractivity contribution in [3.63, 3.8) is 0 Å². The molecule has 0 saturated heterocycles. The number of carbonyl (C=O) groups is 1. The lowest BCUT2D eigenvalue weighted by molar-refractivity contribution is 0.0945. The Balaban J connectivity index is 1.61. The molecule has 38 heavy (non-hydrogen) atoms. The molecule has 0 aliphatic carbocycles. The number of halogens is 1. The summed E-state index contributed by atoms with van der Waals surface area (Å²) in [4.78, 5) is 13.0. The van der Waals surface area contributed by atoms with Crippen molar-refractivity contribution in [3.05, 3.63) is 81.6 Å². The molecular weight excluding hydrogens is 538 g/mol. The highest BCUT2D eigenvalue weighted by Gasteiger charge is 2.26. The number of aromatic nitrogens is 1. The number of unbranched alkanes of at least 4 members (excludes halogenated alkanes) is 1. The van der Waals surface area contributed by atoms with Gasteiger partial charge < -0.3 is 14.6 Å². The summed E-state index contributed by atoms with van der Waals surface area (Å²) in [5, 5.41) is 12.5. The number of rotatable bonds is 12. The molecule has 6 heteroatoms. The summed E-state index contributed by atoms with van der Waals surface area (Å²) in [7, 11) is 0. The molecule has 1 amide bonds. The highest BCUT2D eigenvalue weighted by atomic mass is 79.9. The predicted octanol–water partition coefficient (Wildman–Crippen LogP) is 8.08. The van der Waals surface area contributed by atoms with Crippen molar-refractivity contribution < 1.29 is 9.53 Å². The molecule has 0 aliphatic rings. The largest absolute Gasteiger partial charge is 0.493 e. The average Bonchev–Trinajstić information content (AvgIpc) is 3.34. The number of benzene rings is 2. The third-order valence-corrected chi connectivity index (χ3v) is 8.38. The topological polar surface area (TPSA) is 67.0 Å². The van der Waals surface area contributed by atoms with E-state index in [4.69, 9.17) is 4.74 Å². The summed E-state index contributed by atoms with van der Waals surface area (Å²) in [6.45, 7) is 14.6. The van der Waals surface area contributed by atoms with Crippen LogP contribution in [-0.4, -0.2) is 23.6 Å². The minimum absolute atomic E-state index is 0.0181. The molecule has 2 aromatic carbocycles. The van der Waals surface area contributed by atoms with E-state index in [0.717, 1.165) is 41.6 Å². The summed E-state index contributed by atoms with van der Waals surface area (Å²) in [6, 6.07) is 18.1. The molecule has 1 N–H and O–H groups in total. The van der Waals surface area contributed by atoms with Crippen molar-refractivity contribution in [3.8, 4) is 17.5 Å². The van der Waals surface area contributed by atoms with Gasteiger partial charge in [0.15, 0.2) is 0 Å². The molecule has 0 aliphatic heterocycles. The lowest BCUT2D eigenvalue weighted by atomic mass is 9.76. The minimum atomic E-state index is -0.260. The second-order valence-electron chi connectivity index (χ2n) is 11.0. The zero-order valence-corrected chi connectivity index (χ0v) is 25.1. The van der Waals surface area contributed by atoms with E-state index in [2.05, 4.69) is 87.1 Å². The smallest absolute Gasteiger partial charge is 0.269 e. The Bertz CT molecular complexity index is 1300. The van der Waals surface area contributed by atoms with Crippen LogP contribution in [0.5, 0.6) is 5.75 Å². The maximum atomic E-state index is 13.0. The Morgan fingerprint density at radius 3 is 2.39 bits per heavy atom. The Labute approximate surface area is 236 Å². The fraction of sp³-hybridized carbons (Fsp3) is 0.438. The molecule has 0 spiro atoms. The van der Waals surface area contributed by atoms with Crippen molar-refractivity contribution in [1.29, 1.82) is 5.26 Å². The van der Waals surface area contributed by atoms with E-state index < -0.39 is 0 Å². The average molecular weight is 579 g/mol. The van der Waals surface area contributed by atoms with Crippen LogP contribution in [0.15, 0.2) is 59.2 Å². The third kappa shape index (κ3) is 6.69. The van der Waals surface area contributed by atoms with Crippen molar-refractivity contribution in [2.24, 2.45) is 0 Å². The summed E-state index contributed by atoms with van der Waals surface area (Å²) in [5.74, 6) is 0.686. The van der Waals surface area contributed by atoms with Crippen LogP contribution in [0.1, 0.15) is 94.4 Å². The van der Waals surface area contributed by atoms with Gasteiger partial charge in [-0.2, -0.15) is 5.26 Å². The zero-order valence-electron chi connectivity index (χ0n) is 23.5. The number of nitrogens with zero attached hydrogens (tertiary/aromatic N) is 2. The van der Waals surface area contributed by atoms with E-state index in [1.807, 2.05) is 24.3 Å². The number of carbonyl (C=O) groups excluding carboxylic acids is 1. The fourth-order valence-corrected chi connectivity index (χ4v) is 4.77. The van der Waals surface area contributed by atoms with E-state index in [1.54, 1.807) is 16.8 Å². The van der Waals surface area contributed by atoms with Crippen LogP contribution in [0.25, 0.3) is 5.69 Å². The van der Waals surface area contributed by atoms with Gasteiger partial charge in [-0.25, -0.2) is 0 Å². The van der Waals surface area contributed by atoms with Crippen LogP contribution in [0.2, 0.25) is 0 Å². The fourth-order valence-electron chi connectivity index (χ4n) is 4.30. The second-order valence-corrected chi connectivity index (χ2v) is 11.9. The second kappa shape index (κ2) is 12.7. The number of nitrogens with one attached hydrogen (secondary N) is 1. The first-order valence-electron chi connectivity index (χ1n) is 13.5. The molecule has 5 nitrogen and oxygen atoms in total. The highest BCUT2D eigenvalue weighted by molar-refractivity contribution is 9.10. The lowest BCUT2D eigenvalue weighted by Crippen LogP contribution is -2.27. The van der Waals surface area contributed by atoms with E-state index in [9.17, 15) is 10.1 Å². The first-order chi connectivity index (χ1) is 18.1. The highest BCUT2D eigenvalue weighted by Crippen LogP contribution is 2.38. The molecule has 0 unspecified atom stereocenters. The number of hydrogen-bond acceptors (Lipinski definition) is 3. The lowest BCUT2D eigenvalue weighted by Gasteiger charge is -2.30. The van der Waals surface area contributed by atoms with Crippen molar-refractivity contribution >= 4 is 21.8 Å². The van der Waals surface area contributed by atoms with Gasteiger partial charge in [-0.15, -0.1) is 0 Å². The van der Waals surface area contributed by atoms with Gasteiger partial charge in [0.2, 0.25) is 0 Å². The van der Waals surface area contributed by atoms with Crippen molar-refractivity contribution in [2.45, 2.75) is 78.1 Å². The number of ether oxygens (including phenoxy) is 1. The first kappa shape index (κ1) is 29.5. The molecule has 3 aromatic rings. The van der Waals surface area contributed by atoms with Crippen LogP contribution in [0, 0.1) is 11.3 Å². The standard InChI is InChI=1S/C32H40BrN3O2/c1-7-31(3,4)24-15-16-28(25(21-24)32(5,6)8-2)38-20-12-11-18-35-30(37)29-23(22-34)17-19-36(29)27-14-10-9-13-26(27)33/h9-10,13-17,19,21H,7-8,11-12,18,20H2,1-6H3,(H,35,37). The first-order valence-corrected chi connectivity index (χ1v) is 14.3. The normalized spacial score (nSPS) is 11.7. The molecular formula is C32H40BrN3O2. The van der Waals surface area contributed by atoms with Gasteiger partial charge in [0, 0.05) is 22.8 Å². The minimum Gasteiger partial charge on any atom is -0.493 e. The van der Waals surface area contributed by atoms with Crippen LogP contribution >= 0.6 is 15.9 Å². The number of nitriles is 1. The number of hydrogen-bond donors (Lipinski definition) is 1. The predicted molar refractivity (Wildman–Crippen MR) is 158 cm³/mol. The van der Waals surface area contributed by atoms with Crippen LogP contribution < -0.4 is 10.1 Å². The zero-order chi connectivity index (χ0) is 27.9. The maximum absolute atomic E-state index is 13.0. The molecule has 3 rings (SSSR count). The van der Waals surface area contributed by atoms with Crippen molar-refractivity contribution in [2.75, 3.05) is 13.2 Å². The van der Waals surface area contributed by atoms with Gasteiger partial charge >= 0.3 is 0 Å². The monoisotopic (exact) mass is 577 g/mol. The Morgan fingerprint density at radius 2 is 1.74 bits per heavy atom. The van der Waals surface area contributed by atoms with E-state index in [-0.39, 0.29) is 16.7 Å². The van der Waals surface area contributed by atoms with Crippen molar-refractivity contribution in [1.82, 2.24) is 9.88 Å². The Morgan fingerprint density at radius 1 is 1.03 bits per heavy atom.